The van der Waals surface area contributed by atoms with Gasteiger partial charge in [0.2, 0.25) is 5.91 Å². The summed E-state index contributed by atoms with van der Waals surface area (Å²) in [5.41, 5.74) is 3.62. The summed E-state index contributed by atoms with van der Waals surface area (Å²) in [6, 6.07) is 0. The summed E-state index contributed by atoms with van der Waals surface area (Å²) in [5, 5.41) is 15.5. The molecule has 5 aliphatic carbocycles. The van der Waals surface area contributed by atoms with Gasteiger partial charge in [-0.1, -0.05) is 67.0 Å². The van der Waals surface area contributed by atoms with Gasteiger partial charge in [0.1, 0.15) is 0 Å². The number of aliphatic carboxylic acids is 1. The van der Waals surface area contributed by atoms with Gasteiger partial charge in [0.15, 0.2) is 0 Å². The minimum absolute atomic E-state index is 0.0215. The molecule has 3 fully saturated rings. The van der Waals surface area contributed by atoms with Crippen molar-refractivity contribution in [2.75, 3.05) is 0 Å². The quantitative estimate of drug-likeness (QED) is 0.392. The summed E-state index contributed by atoms with van der Waals surface area (Å²) in [6.45, 7) is 18.9. The van der Waals surface area contributed by atoms with Crippen molar-refractivity contribution in [2.24, 2.45) is 44.8 Å². The van der Waals surface area contributed by atoms with E-state index in [0.717, 1.165) is 57.1 Å². The third-order valence-corrected chi connectivity index (χ3v) is 13.7. The Morgan fingerprint density at radius 3 is 2.36 bits per heavy atom. The van der Waals surface area contributed by atoms with Crippen molar-refractivity contribution in [3.8, 4) is 0 Å². The molecular weight excluding hydrogens is 484 g/mol. The first-order valence-electron chi connectivity index (χ1n) is 15.6. The van der Waals surface area contributed by atoms with Gasteiger partial charge >= 0.3 is 5.97 Å². The first-order chi connectivity index (χ1) is 18.1. The average Bonchev–Trinajstić information content (AvgIpc) is 3.28. The average molecular weight is 535 g/mol. The van der Waals surface area contributed by atoms with E-state index in [9.17, 15) is 14.7 Å². The van der Waals surface area contributed by atoms with Gasteiger partial charge in [0.25, 0.3) is 0 Å². The smallest absolute Gasteiger partial charge is 0.310 e. The van der Waals surface area contributed by atoms with Crippen LogP contribution in [0.2, 0.25) is 0 Å². The number of aromatic nitrogens is 2. The minimum atomic E-state index is -0.590. The summed E-state index contributed by atoms with van der Waals surface area (Å²) in [5.74, 6) is 0.673. The molecule has 5 aliphatic rings. The molecule has 3 saturated carbocycles. The number of carboxylic acids is 1. The van der Waals surface area contributed by atoms with Gasteiger partial charge in [0.05, 0.1) is 11.1 Å². The molecule has 0 aromatic carbocycles. The predicted octanol–water partition coefficient (Wildman–Crippen LogP) is 7.83. The molecule has 214 valence electrons. The van der Waals surface area contributed by atoms with Crippen molar-refractivity contribution in [2.45, 2.75) is 125 Å². The van der Waals surface area contributed by atoms with Gasteiger partial charge in [-0.25, -0.2) is 4.68 Å². The summed E-state index contributed by atoms with van der Waals surface area (Å²) in [7, 11) is 0. The minimum Gasteiger partial charge on any atom is -0.481 e. The van der Waals surface area contributed by atoms with Gasteiger partial charge in [0, 0.05) is 18.0 Å². The zero-order valence-electron chi connectivity index (χ0n) is 25.6. The van der Waals surface area contributed by atoms with Gasteiger partial charge in [-0.05, 0) is 103 Å². The van der Waals surface area contributed by atoms with Crippen molar-refractivity contribution < 1.29 is 14.7 Å². The Kier molecular flexibility index (Phi) is 5.66. The standard InChI is InChI=1S/C34H50N2O3/c1-9-26(37)36-20-21-18-31(6)24(30(4,5)27(21)35-36)12-13-33(8)25(31)11-10-22-23-19-29(2,3)14-16-34(23,28(38)39)17-15-32(22,33)7/h10,20,23-25H,9,11-19H2,1-8H3,(H,38,39)/t23-,24-,25+,31-,32+,33+,34-/m0/s1. The van der Waals surface area contributed by atoms with Crippen molar-refractivity contribution in [3.63, 3.8) is 0 Å². The Labute approximate surface area is 235 Å². The lowest BCUT2D eigenvalue weighted by molar-refractivity contribution is -0.177. The Morgan fingerprint density at radius 1 is 1.00 bits per heavy atom. The van der Waals surface area contributed by atoms with Gasteiger partial charge < -0.3 is 5.11 Å². The van der Waals surface area contributed by atoms with Crippen LogP contribution < -0.4 is 0 Å². The Bertz CT molecular complexity index is 1270. The van der Waals surface area contributed by atoms with Crippen LogP contribution in [-0.2, 0) is 16.6 Å². The molecule has 0 unspecified atom stereocenters. The first-order valence-corrected chi connectivity index (χ1v) is 15.6. The Balaban J connectivity index is 1.45. The molecule has 0 spiro atoms. The molecule has 5 heteroatoms. The van der Waals surface area contributed by atoms with Crippen LogP contribution in [0.15, 0.2) is 17.8 Å². The van der Waals surface area contributed by atoms with Crippen LogP contribution in [0, 0.1) is 44.8 Å². The first kappa shape index (κ1) is 27.3. The molecule has 7 atom stereocenters. The number of hydrogen-bond donors (Lipinski definition) is 1. The van der Waals surface area contributed by atoms with Crippen molar-refractivity contribution in [3.05, 3.63) is 29.1 Å². The van der Waals surface area contributed by atoms with Crippen LogP contribution in [0.4, 0.5) is 0 Å². The molecule has 39 heavy (non-hydrogen) atoms. The molecule has 1 heterocycles. The Morgan fingerprint density at radius 2 is 1.69 bits per heavy atom. The van der Waals surface area contributed by atoms with Crippen LogP contribution in [0.3, 0.4) is 0 Å². The van der Waals surface area contributed by atoms with E-state index in [-0.39, 0.29) is 38.9 Å². The fraction of sp³-hybridized carbons (Fsp3) is 0.794. The molecule has 0 amide bonds. The summed E-state index contributed by atoms with van der Waals surface area (Å²) in [6.07, 6.45) is 14.0. The van der Waals surface area contributed by atoms with E-state index in [1.54, 1.807) is 4.68 Å². The number of carbonyl (C=O) groups is 2. The lowest BCUT2D eigenvalue weighted by atomic mass is 9.33. The van der Waals surface area contributed by atoms with E-state index in [1.807, 2.05) is 13.1 Å². The van der Waals surface area contributed by atoms with Crippen LogP contribution in [0.25, 0.3) is 0 Å². The summed E-state index contributed by atoms with van der Waals surface area (Å²) >= 11 is 0. The molecule has 5 nitrogen and oxygen atoms in total. The summed E-state index contributed by atoms with van der Waals surface area (Å²) < 4.78 is 1.62. The highest BCUT2D eigenvalue weighted by atomic mass is 16.4. The third-order valence-electron chi connectivity index (χ3n) is 13.7. The maximum atomic E-state index is 12.9. The second kappa shape index (κ2) is 8.10. The monoisotopic (exact) mass is 534 g/mol. The number of carboxylic acid groups (broad SMARTS) is 1. The lowest BCUT2D eigenvalue weighted by Gasteiger charge is -2.70. The lowest BCUT2D eigenvalue weighted by Crippen LogP contribution is -2.64. The molecule has 0 aliphatic heterocycles. The number of rotatable bonds is 2. The largest absolute Gasteiger partial charge is 0.481 e. The summed E-state index contributed by atoms with van der Waals surface area (Å²) in [4.78, 5) is 25.5. The molecule has 6 rings (SSSR count). The fourth-order valence-electron chi connectivity index (χ4n) is 11.4. The number of allylic oxidation sites excluding steroid dienone is 2. The van der Waals surface area contributed by atoms with Crippen LogP contribution in [-0.4, -0.2) is 26.8 Å². The molecular formula is C34H50N2O3. The normalized spacial score (nSPS) is 43.6. The van der Waals surface area contributed by atoms with Gasteiger partial charge in [-0.15, -0.1) is 0 Å². The van der Waals surface area contributed by atoms with E-state index in [4.69, 9.17) is 5.10 Å². The van der Waals surface area contributed by atoms with Crippen LogP contribution in [0.1, 0.15) is 129 Å². The maximum Gasteiger partial charge on any atom is 0.310 e. The molecule has 0 saturated heterocycles. The maximum absolute atomic E-state index is 12.9. The van der Waals surface area contributed by atoms with E-state index in [0.29, 0.717) is 18.3 Å². The van der Waals surface area contributed by atoms with E-state index in [2.05, 4.69) is 54.5 Å². The van der Waals surface area contributed by atoms with E-state index >= 15 is 0 Å². The van der Waals surface area contributed by atoms with Crippen LogP contribution >= 0.6 is 0 Å². The number of nitrogens with zero attached hydrogens (tertiary/aromatic N) is 2. The molecule has 0 bridgehead atoms. The van der Waals surface area contributed by atoms with Gasteiger partial charge in [-0.2, -0.15) is 5.10 Å². The molecule has 1 aromatic heterocycles. The topological polar surface area (TPSA) is 72.2 Å². The van der Waals surface area contributed by atoms with Crippen molar-refractivity contribution in [1.82, 2.24) is 9.78 Å². The molecule has 1 aromatic rings. The van der Waals surface area contributed by atoms with Crippen molar-refractivity contribution in [1.29, 1.82) is 0 Å². The van der Waals surface area contributed by atoms with Crippen molar-refractivity contribution >= 4 is 11.9 Å². The second-order valence-electron chi connectivity index (χ2n) is 16.3. The number of fused-ring (bicyclic) bond motifs is 8. The van der Waals surface area contributed by atoms with E-state index < -0.39 is 11.4 Å². The highest BCUT2D eigenvalue weighted by molar-refractivity contribution is 5.78. The number of hydrogen-bond acceptors (Lipinski definition) is 3. The Hall–Kier alpha value is -1.91. The van der Waals surface area contributed by atoms with E-state index in [1.165, 1.54) is 17.6 Å². The zero-order chi connectivity index (χ0) is 28.4. The highest BCUT2D eigenvalue weighted by Gasteiger charge is 2.69. The fourth-order valence-corrected chi connectivity index (χ4v) is 11.4. The number of carbonyl (C=O) groups excluding carboxylic acids is 1. The van der Waals surface area contributed by atoms with Gasteiger partial charge in [-0.3, -0.25) is 9.59 Å². The predicted molar refractivity (Wildman–Crippen MR) is 154 cm³/mol. The molecule has 1 N–H and O–H groups in total. The highest BCUT2D eigenvalue weighted by Crippen LogP contribution is 2.75. The second-order valence-corrected chi connectivity index (χ2v) is 16.3. The zero-order valence-corrected chi connectivity index (χ0v) is 25.6. The van der Waals surface area contributed by atoms with Crippen LogP contribution in [0.5, 0.6) is 0 Å². The SMILES string of the molecule is CCC(=O)n1cc2c(n1)C(C)(C)[C@@H]1CC[C@]3(C)[C@H](CC=C4[C@@H]5CC(C)(C)CC[C@]5(C(=O)O)CC[C@]43C)[C@@]1(C)C2. The third kappa shape index (κ3) is 3.34. The molecule has 0 radical (unpaired) electrons.